The molecule has 0 unspecified atom stereocenters. The Labute approximate surface area is 88.1 Å². The van der Waals surface area contributed by atoms with Gasteiger partial charge < -0.3 is 4.74 Å². The van der Waals surface area contributed by atoms with Crippen LogP contribution in [-0.2, 0) is 16.1 Å². The quantitative estimate of drug-likeness (QED) is 0.564. The van der Waals surface area contributed by atoms with Crippen molar-refractivity contribution in [3.05, 3.63) is 41.5 Å². The molecule has 0 spiro atoms. The van der Waals surface area contributed by atoms with Crippen molar-refractivity contribution in [1.82, 2.24) is 0 Å². The number of methoxy groups -OCH3 is 1. The second-order valence-electron chi connectivity index (χ2n) is 2.78. The zero-order valence-corrected chi connectivity index (χ0v) is 8.62. The number of aldehydes is 1. The van der Waals surface area contributed by atoms with Gasteiger partial charge in [-0.15, -0.1) is 0 Å². The van der Waals surface area contributed by atoms with Crippen LogP contribution in [0.1, 0.15) is 11.1 Å². The van der Waals surface area contributed by atoms with Crippen LogP contribution in [0.15, 0.2) is 30.3 Å². The maximum absolute atomic E-state index is 10.2. The summed E-state index contributed by atoms with van der Waals surface area (Å²) in [7, 11) is 1.63. The lowest BCUT2D eigenvalue weighted by atomic mass is 10.1. The van der Waals surface area contributed by atoms with Crippen LogP contribution in [0.4, 0.5) is 0 Å². The first kappa shape index (κ1) is 11.0. The second kappa shape index (κ2) is 5.58. The molecular formula is C11H11ClO2. The summed E-state index contributed by atoms with van der Waals surface area (Å²) in [6, 6.07) is 7.57. The van der Waals surface area contributed by atoms with E-state index in [1.165, 1.54) is 6.08 Å². The van der Waals surface area contributed by atoms with Gasteiger partial charge in [0.2, 0.25) is 0 Å². The molecule has 2 nitrogen and oxygen atoms in total. The number of carbonyl (C=O) groups excluding carboxylic acids is 1. The Morgan fingerprint density at radius 1 is 1.57 bits per heavy atom. The van der Waals surface area contributed by atoms with E-state index in [0.717, 1.165) is 11.1 Å². The average molecular weight is 211 g/mol. The van der Waals surface area contributed by atoms with E-state index in [4.69, 9.17) is 16.3 Å². The minimum atomic E-state index is 0.443. The van der Waals surface area contributed by atoms with Crippen LogP contribution in [0.25, 0.3) is 5.03 Å². The largest absolute Gasteiger partial charge is 0.380 e. The Morgan fingerprint density at radius 3 is 3.00 bits per heavy atom. The molecule has 0 heterocycles. The molecule has 0 bridgehead atoms. The molecule has 1 aromatic carbocycles. The smallest absolute Gasteiger partial charge is 0.144 e. The first-order valence-corrected chi connectivity index (χ1v) is 4.55. The highest BCUT2D eigenvalue weighted by molar-refractivity contribution is 6.49. The van der Waals surface area contributed by atoms with Crippen LogP contribution in [0.3, 0.4) is 0 Å². The number of carbonyl (C=O) groups is 1. The third-order valence-electron chi connectivity index (χ3n) is 1.73. The second-order valence-corrected chi connectivity index (χ2v) is 3.19. The highest BCUT2D eigenvalue weighted by Gasteiger charge is 1.98. The van der Waals surface area contributed by atoms with Gasteiger partial charge >= 0.3 is 0 Å². The molecule has 0 amide bonds. The van der Waals surface area contributed by atoms with Crippen molar-refractivity contribution < 1.29 is 9.53 Å². The van der Waals surface area contributed by atoms with Gasteiger partial charge in [-0.25, -0.2) is 0 Å². The molecule has 14 heavy (non-hydrogen) atoms. The van der Waals surface area contributed by atoms with E-state index in [2.05, 4.69) is 0 Å². The Hall–Kier alpha value is -1.12. The zero-order valence-electron chi connectivity index (χ0n) is 7.87. The molecule has 0 atom stereocenters. The molecule has 1 rings (SSSR count). The number of ether oxygens (including phenoxy) is 1. The molecular weight excluding hydrogens is 200 g/mol. The topological polar surface area (TPSA) is 26.3 Å². The summed E-state index contributed by atoms with van der Waals surface area (Å²) in [5.41, 5.74) is 1.86. The minimum absolute atomic E-state index is 0.443. The van der Waals surface area contributed by atoms with Crippen LogP contribution in [0.2, 0.25) is 0 Å². The van der Waals surface area contributed by atoms with E-state index in [-0.39, 0.29) is 0 Å². The zero-order chi connectivity index (χ0) is 10.4. The Bertz CT molecular complexity index is 345. The molecule has 0 aliphatic rings. The summed E-state index contributed by atoms with van der Waals surface area (Å²) in [6.07, 6.45) is 2.00. The van der Waals surface area contributed by atoms with Crippen molar-refractivity contribution in [3.63, 3.8) is 0 Å². The average Bonchev–Trinajstić information content (AvgIpc) is 2.19. The van der Waals surface area contributed by atoms with E-state index in [1.807, 2.05) is 24.3 Å². The molecule has 0 aliphatic carbocycles. The summed E-state index contributed by atoms with van der Waals surface area (Å²) in [6.45, 7) is 0.541. The van der Waals surface area contributed by atoms with Crippen LogP contribution >= 0.6 is 11.6 Å². The SMILES string of the molecule is COCc1cccc(C(Cl)=CC=O)c1. The number of halogens is 1. The highest BCUT2D eigenvalue weighted by Crippen LogP contribution is 2.19. The van der Waals surface area contributed by atoms with Crippen molar-refractivity contribution in [1.29, 1.82) is 0 Å². The summed E-state index contributed by atoms with van der Waals surface area (Å²) in [4.78, 5) is 10.2. The fourth-order valence-electron chi connectivity index (χ4n) is 1.13. The van der Waals surface area contributed by atoms with Gasteiger partial charge in [0.05, 0.1) is 11.6 Å². The van der Waals surface area contributed by atoms with Crippen LogP contribution in [0.5, 0.6) is 0 Å². The number of hydrogen-bond acceptors (Lipinski definition) is 2. The third-order valence-corrected chi connectivity index (χ3v) is 2.07. The summed E-state index contributed by atoms with van der Waals surface area (Å²) in [5, 5.41) is 0.443. The van der Waals surface area contributed by atoms with Gasteiger partial charge in [0, 0.05) is 7.11 Å². The molecule has 0 N–H and O–H groups in total. The summed E-state index contributed by atoms with van der Waals surface area (Å²) in [5.74, 6) is 0. The van der Waals surface area contributed by atoms with Gasteiger partial charge in [-0.2, -0.15) is 0 Å². The van der Waals surface area contributed by atoms with Gasteiger partial charge in [0.15, 0.2) is 0 Å². The van der Waals surface area contributed by atoms with Crippen LogP contribution < -0.4 is 0 Å². The molecule has 74 valence electrons. The number of rotatable bonds is 4. The maximum Gasteiger partial charge on any atom is 0.144 e. The monoisotopic (exact) mass is 210 g/mol. The van der Waals surface area contributed by atoms with Crippen molar-refractivity contribution in [2.45, 2.75) is 6.61 Å². The van der Waals surface area contributed by atoms with E-state index in [1.54, 1.807) is 7.11 Å². The van der Waals surface area contributed by atoms with Crippen molar-refractivity contribution in [2.24, 2.45) is 0 Å². The summed E-state index contributed by atoms with van der Waals surface area (Å²) < 4.78 is 4.99. The van der Waals surface area contributed by atoms with Crippen LogP contribution in [0, 0.1) is 0 Å². The summed E-state index contributed by atoms with van der Waals surface area (Å²) >= 11 is 5.87. The number of benzene rings is 1. The maximum atomic E-state index is 10.2. The molecule has 1 aromatic rings. The lowest BCUT2D eigenvalue weighted by Gasteiger charge is -2.02. The molecule has 0 radical (unpaired) electrons. The Balaban J connectivity index is 2.93. The molecule has 3 heteroatoms. The number of allylic oxidation sites excluding steroid dienone is 1. The normalized spacial score (nSPS) is 11.4. The predicted molar refractivity (Wildman–Crippen MR) is 57.0 cm³/mol. The highest BCUT2D eigenvalue weighted by atomic mass is 35.5. The van der Waals surface area contributed by atoms with Gasteiger partial charge in [0.25, 0.3) is 0 Å². The Morgan fingerprint density at radius 2 is 2.36 bits per heavy atom. The Kier molecular flexibility index (Phi) is 4.36. The van der Waals surface area contributed by atoms with Crippen molar-refractivity contribution in [2.75, 3.05) is 7.11 Å². The molecule has 0 saturated carbocycles. The third kappa shape index (κ3) is 2.98. The lowest BCUT2D eigenvalue weighted by Crippen LogP contribution is -1.88. The minimum Gasteiger partial charge on any atom is -0.380 e. The fraction of sp³-hybridized carbons (Fsp3) is 0.182. The van der Waals surface area contributed by atoms with E-state index in [9.17, 15) is 4.79 Å². The lowest BCUT2D eigenvalue weighted by molar-refractivity contribution is -0.104. The van der Waals surface area contributed by atoms with Crippen molar-refractivity contribution >= 4 is 22.9 Å². The first-order valence-electron chi connectivity index (χ1n) is 4.17. The number of hydrogen-bond donors (Lipinski definition) is 0. The van der Waals surface area contributed by atoms with Crippen LogP contribution in [-0.4, -0.2) is 13.4 Å². The van der Waals surface area contributed by atoms with E-state index < -0.39 is 0 Å². The molecule has 0 aromatic heterocycles. The predicted octanol–water partition coefficient (Wildman–Crippen LogP) is 2.61. The van der Waals surface area contributed by atoms with Gasteiger partial charge in [-0.1, -0.05) is 29.8 Å². The van der Waals surface area contributed by atoms with Gasteiger partial charge in [-0.3, -0.25) is 4.79 Å². The van der Waals surface area contributed by atoms with E-state index >= 15 is 0 Å². The molecule has 0 fully saturated rings. The van der Waals surface area contributed by atoms with Crippen molar-refractivity contribution in [3.8, 4) is 0 Å². The fourth-order valence-corrected chi connectivity index (χ4v) is 1.30. The molecule has 0 aliphatic heterocycles. The molecule has 0 saturated heterocycles. The van der Waals surface area contributed by atoms with E-state index in [0.29, 0.717) is 17.9 Å². The van der Waals surface area contributed by atoms with Gasteiger partial charge in [-0.05, 0) is 23.3 Å². The first-order chi connectivity index (χ1) is 6.77. The van der Waals surface area contributed by atoms with Gasteiger partial charge in [0.1, 0.15) is 6.29 Å². The standard InChI is InChI=1S/C11H11ClO2/c1-14-8-9-3-2-4-10(7-9)11(12)5-6-13/h2-7H,8H2,1H3.